The lowest BCUT2D eigenvalue weighted by molar-refractivity contribution is 0.120. The van der Waals surface area contributed by atoms with Crippen LogP contribution in [0.2, 0.25) is 0 Å². The predicted molar refractivity (Wildman–Crippen MR) is 47.5 cm³/mol. The Labute approximate surface area is 76.2 Å². The van der Waals surface area contributed by atoms with E-state index in [1.54, 1.807) is 12.1 Å². The van der Waals surface area contributed by atoms with Crippen LogP contribution in [0.25, 0.3) is 0 Å². The quantitative estimate of drug-likeness (QED) is 0.723. The van der Waals surface area contributed by atoms with Gasteiger partial charge in [-0.2, -0.15) is 0 Å². The Hall–Kier alpha value is -0.930. The van der Waals surface area contributed by atoms with Crippen molar-refractivity contribution >= 4 is 0 Å². The molecule has 1 aliphatic rings. The Bertz CT molecular complexity index is 305. The molecule has 0 radical (unpaired) electrons. The van der Waals surface area contributed by atoms with Crippen molar-refractivity contribution in [3.05, 3.63) is 35.6 Å². The summed E-state index contributed by atoms with van der Waals surface area (Å²) in [6.45, 7) is 0. The van der Waals surface area contributed by atoms with E-state index in [0.717, 1.165) is 18.4 Å². The van der Waals surface area contributed by atoms with Crippen LogP contribution < -0.4 is 5.73 Å². The van der Waals surface area contributed by atoms with Gasteiger partial charge in [0.15, 0.2) is 0 Å². The van der Waals surface area contributed by atoms with Gasteiger partial charge in [-0.3, -0.25) is 0 Å². The van der Waals surface area contributed by atoms with E-state index >= 15 is 0 Å². The van der Waals surface area contributed by atoms with Crippen molar-refractivity contribution in [1.82, 2.24) is 0 Å². The van der Waals surface area contributed by atoms with E-state index in [1.807, 2.05) is 0 Å². The van der Waals surface area contributed by atoms with Gasteiger partial charge in [0.25, 0.3) is 0 Å². The van der Waals surface area contributed by atoms with E-state index in [1.165, 1.54) is 12.1 Å². The van der Waals surface area contributed by atoms with E-state index < -0.39 is 5.60 Å². The van der Waals surface area contributed by atoms with Crippen molar-refractivity contribution in [2.24, 2.45) is 5.73 Å². The molecule has 1 aromatic rings. The monoisotopic (exact) mass is 181 g/mol. The Kier molecular flexibility index (Phi) is 1.86. The molecule has 1 unspecified atom stereocenters. The molecule has 70 valence electrons. The van der Waals surface area contributed by atoms with Gasteiger partial charge >= 0.3 is 0 Å². The topological polar surface area (TPSA) is 46.2 Å². The second kappa shape index (κ2) is 2.79. The molecule has 1 aliphatic carbocycles. The second-order valence-corrected chi connectivity index (χ2v) is 3.63. The van der Waals surface area contributed by atoms with Crippen molar-refractivity contribution < 1.29 is 9.50 Å². The smallest absolute Gasteiger partial charge is 0.123 e. The molecule has 1 atom stereocenters. The molecule has 0 spiro atoms. The standard InChI is InChI=1S/C10H12FNO/c11-8-3-1-7(2-4-8)9(12)10(13)5-6-10/h1-4,9,13H,5-6,12H2. The highest BCUT2D eigenvalue weighted by Crippen LogP contribution is 2.44. The summed E-state index contributed by atoms with van der Waals surface area (Å²) in [6, 6.07) is 5.59. The summed E-state index contributed by atoms with van der Waals surface area (Å²) >= 11 is 0. The van der Waals surface area contributed by atoms with Gasteiger partial charge in [0, 0.05) is 0 Å². The SMILES string of the molecule is NC(c1ccc(F)cc1)C1(O)CC1. The van der Waals surface area contributed by atoms with Crippen molar-refractivity contribution in [2.45, 2.75) is 24.5 Å². The first-order valence-electron chi connectivity index (χ1n) is 4.35. The fourth-order valence-electron chi connectivity index (χ4n) is 1.42. The molecule has 2 nitrogen and oxygen atoms in total. The van der Waals surface area contributed by atoms with Crippen molar-refractivity contribution in [1.29, 1.82) is 0 Å². The lowest BCUT2D eigenvalue weighted by atomic mass is 10.0. The van der Waals surface area contributed by atoms with Crippen LogP contribution in [0, 0.1) is 5.82 Å². The molecule has 0 heterocycles. The summed E-state index contributed by atoms with van der Waals surface area (Å²) in [6.07, 6.45) is 1.48. The summed E-state index contributed by atoms with van der Waals surface area (Å²) in [5, 5.41) is 9.70. The lowest BCUT2D eigenvalue weighted by Gasteiger charge is -2.17. The van der Waals surface area contributed by atoms with Crippen molar-refractivity contribution in [3.8, 4) is 0 Å². The van der Waals surface area contributed by atoms with E-state index in [2.05, 4.69) is 0 Å². The van der Waals surface area contributed by atoms with Crippen LogP contribution in [-0.2, 0) is 0 Å². The Morgan fingerprint density at radius 1 is 1.31 bits per heavy atom. The number of hydrogen-bond acceptors (Lipinski definition) is 2. The first kappa shape index (κ1) is 8.66. The zero-order valence-electron chi connectivity index (χ0n) is 7.20. The molecule has 13 heavy (non-hydrogen) atoms. The van der Waals surface area contributed by atoms with Gasteiger partial charge in [-0.15, -0.1) is 0 Å². The van der Waals surface area contributed by atoms with E-state index in [9.17, 15) is 9.50 Å². The normalized spacial score (nSPS) is 21.2. The van der Waals surface area contributed by atoms with Gasteiger partial charge in [-0.1, -0.05) is 12.1 Å². The molecule has 3 N–H and O–H groups in total. The molecule has 0 saturated heterocycles. The molecule has 0 amide bonds. The molecule has 0 bridgehead atoms. The molecular formula is C10H12FNO. The largest absolute Gasteiger partial charge is 0.388 e. The van der Waals surface area contributed by atoms with Gasteiger partial charge in [0.2, 0.25) is 0 Å². The summed E-state index contributed by atoms with van der Waals surface area (Å²) < 4.78 is 12.6. The van der Waals surface area contributed by atoms with Gasteiger partial charge in [0.1, 0.15) is 5.82 Å². The number of hydrogen-bond donors (Lipinski definition) is 2. The average Bonchev–Trinajstić information content (AvgIpc) is 2.85. The van der Waals surface area contributed by atoms with E-state index in [4.69, 9.17) is 5.73 Å². The molecule has 1 fully saturated rings. The van der Waals surface area contributed by atoms with Gasteiger partial charge in [0.05, 0.1) is 11.6 Å². The van der Waals surface area contributed by atoms with Crippen LogP contribution in [0.3, 0.4) is 0 Å². The first-order valence-corrected chi connectivity index (χ1v) is 4.35. The Balaban J connectivity index is 2.20. The number of rotatable bonds is 2. The number of benzene rings is 1. The zero-order valence-corrected chi connectivity index (χ0v) is 7.20. The van der Waals surface area contributed by atoms with Gasteiger partial charge in [-0.05, 0) is 30.5 Å². The summed E-state index contributed by atoms with van der Waals surface area (Å²) in [4.78, 5) is 0. The van der Waals surface area contributed by atoms with Crippen LogP contribution in [0.15, 0.2) is 24.3 Å². The highest BCUT2D eigenvalue weighted by atomic mass is 19.1. The van der Waals surface area contributed by atoms with Crippen LogP contribution >= 0.6 is 0 Å². The first-order chi connectivity index (χ1) is 6.12. The molecule has 3 heteroatoms. The maximum absolute atomic E-state index is 12.6. The fraction of sp³-hybridized carbons (Fsp3) is 0.400. The number of aliphatic hydroxyl groups is 1. The summed E-state index contributed by atoms with van der Waals surface area (Å²) in [5.41, 5.74) is 5.87. The lowest BCUT2D eigenvalue weighted by Crippen LogP contribution is -2.27. The summed E-state index contributed by atoms with van der Waals surface area (Å²) in [5.74, 6) is -0.279. The number of halogens is 1. The third-order valence-electron chi connectivity index (χ3n) is 2.57. The van der Waals surface area contributed by atoms with Crippen LogP contribution in [0.1, 0.15) is 24.4 Å². The minimum absolute atomic E-state index is 0.279. The van der Waals surface area contributed by atoms with Gasteiger partial charge in [-0.25, -0.2) is 4.39 Å². The van der Waals surface area contributed by atoms with E-state index in [-0.39, 0.29) is 11.9 Å². The van der Waals surface area contributed by atoms with Crippen LogP contribution in [0.5, 0.6) is 0 Å². The molecule has 1 saturated carbocycles. The molecular weight excluding hydrogens is 169 g/mol. The molecule has 0 aromatic heterocycles. The minimum Gasteiger partial charge on any atom is -0.388 e. The van der Waals surface area contributed by atoms with Crippen LogP contribution in [0.4, 0.5) is 4.39 Å². The van der Waals surface area contributed by atoms with E-state index in [0.29, 0.717) is 0 Å². The van der Waals surface area contributed by atoms with Gasteiger partial charge < -0.3 is 10.8 Å². The third kappa shape index (κ3) is 1.57. The molecule has 1 aromatic carbocycles. The fourth-order valence-corrected chi connectivity index (χ4v) is 1.42. The van der Waals surface area contributed by atoms with Crippen LogP contribution in [-0.4, -0.2) is 10.7 Å². The Morgan fingerprint density at radius 3 is 2.31 bits per heavy atom. The maximum atomic E-state index is 12.6. The minimum atomic E-state index is -0.738. The highest BCUT2D eigenvalue weighted by Gasteiger charge is 2.46. The predicted octanol–water partition coefficient (Wildman–Crippen LogP) is 1.35. The van der Waals surface area contributed by atoms with Crippen molar-refractivity contribution in [2.75, 3.05) is 0 Å². The molecule has 2 rings (SSSR count). The third-order valence-corrected chi connectivity index (χ3v) is 2.57. The molecule has 0 aliphatic heterocycles. The number of nitrogens with two attached hydrogens (primary N) is 1. The zero-order chi connectivity index (χ0) is 9.47. The second-order valence-electron chi connectivity index (χ2n) is 3.63. The average molecular weight is 181 g/mol. The summed E-state index contributed by atoms with van der Waals surface area (Å²) in [7, 11) is 0. The Morgan fingerprint density at radius 2 is 1.85 bits per heavy atom. The van der Waals surface area contributed by atoms with Crippen molar-refractivity contribution in [3.63, 3.8) is 0 Å². The maximum Gasteiger partial charge on any atom is 0.123 e. The highest BCUT2D eigenvalue weighted by molar-refractivity contribution is 5.24.